The van der Waals surface area contributed by atoms with Crippen LogP contribution in [0.1, 0.15) is 52.9 Å². The molecule has 1 heterocycles. The lowest BCUT2D eigenvalue weighted by molar-refractivity contribution is -0.126. The molecule has 3 nitrogen and oxygen atoms in total. The van der Waals surface area contributed by atoms with Crippen LogP contribution in [0.25, 0.3) is 0 Å². The maximum absolute atomic E-state index is 12.1. The predicted octanol–water partition coefficient (Wildman–Crippen LogP) is 2.07. The van der Waals surface area contributed by atoms with Gasteiger partial charge in [0.05, 0.1) is 6.04 Å². The molecule has 2 aliphatic rings. The van der Waals surface area contributed by atoms with Crippen molar-refractivity contribution in [3.05, 3.63) is 0 Å². The topological polar surface area (TPSA) is 41.1 Å². The van der Waals surface area contributed by atoms with Gasteiger partial charge in [-0.1, -0.05) is 19.3 Å². The van der Waals surface area contributed by atoms with Gasteiger partial charge in [0.1, 0.15) is 0 Å². The molecule has 0 aromatic heterocycles. The Labute approximate surface area is 105 Å². The molecule has 1 saturated carbocycles. The van der Waals surface area contributed by atoms with Crippen molar-refractivity contribution in [3.63, 3.8) is 0 Å². The van der Waals surface area contributed by atoms with Crippen LogP contribution >= 0.6 is 0 Å². The molecule has 3 heteroatoms. The van der Waals surface area contributed by atoms with Gasteiger partial charge in [-0.15, -0.1) is 0 Å². The highest BCUT2D eigenvalue weighted by Gasteiger charge is 2.35. The molecule has 0 spiro atoms. The maximum Gasteiger partial charge on any atom is 0.237 e. The Balaban J connectivity index is 1.89. The van der Waals surface area contributed by atoms with Gasteiger partial charge >= 0.3 is 0 Å². The number of amides is 1. The van der Waals surface area contributed by atoms with E-state index in [1.807, 2.05) is 20.8 Å². The Morgan fingerprint density at radius 3 is 2.47 bits per heavy atom. The van der Waals surface area contributed by atoms with E-state index in [0.717, 1.165) is 24.8 Å². The minimum atomic E-state index is -0.123. The summed E-state index contributed by atoms with van der Waals surface area (Å²) in [6.07, 6.45) is 6.44. The van der Waals surface area contributed by atoms with E-state index < -0.39 is 0 Å². The monoisotopic (exact) mass is 238 g/mol. The van der Waals surface area contributed by atoms with E-state index in [1.54, 1.807) is 0 Å². The second kappa shape index (κ2) is 4.97. The van der Waals surface area contributed by atoms with Gasteiger partial charge in [0.2, 0.25) is 5.91 Å². The van der Waals surface area contributed by atoms with Gasteiger partial charge in [0, 0.05) is 5.54 Å². The first-order valence-electron chi connectivity index (χ1n) is 7.01. The van der Waals surface area contributed by atoms with Crippen molar-refractivity contribution in [1.82, 2.24) is 10.6 Å². The summed E-state index contributed by atoms with van der Waals surface area (Å²) < 4.78 is 0. The molecule has 1 saturated heterocycles. The Hall–Kier alpha value is -0.570. The number of nitrogens with one attached hydrogen (secondary N) is 2. The lowest BCUT2D eigenvalue weighted by Gasteiger charge is -2.40. The molecule has 98 valence electrons. The van der Waals surface area contributed by atoms with Crippen LogP contribution in [0.4, 0.5) is 0 Å². The van der Waals surface area contributed by atoms with Crippen LogP contribution in [-0.4, -0.2) is 24.0 Å². The molecule has 0 aromatic rings. The van der Waals surface area contributed by atoms with Crippen LogP contribution < -0.4 is 10.6 Å². The highest BCUT2D eigenvalue weighted by Crippen LogP contribution is 2.35. The SMILES string of the molecule is CC(C)(C)NC(=O)[C@H]1C[C@H]2CCCC[C@@H]2CN1. The number of fused-ring (bicyclic) bond motifs is 1. The molecular formula is C14H26N2O. The van der Waals surface area contributed by atoms with Crippen molar-refractivity contribution in [2.24, 2.45) is 11.8 Å². The molecule has 3 atom stereocenters. The van der Waals surface area contributed by atoms with Crippen LogP contribution in [0.2, 0.25) is 0 Å². The standard InChI is InChI=1S/C14H26N2O/c1-14(2,3)16-13(17)12-8-10-6-4-5-7-11(10)9-15-12/h10-12,15H,4-9H2,1-3H3,(H,16,17)/t10-,11-,12-/m1/s1. The van der Waals surface area contributed by atoms with Crippen LogP contribution in [0.15, 0.2) is 0 Å². The number of carbonyl (C=O) groups is 1. The normalized spacial score (nSPS) is 33.9. The van der Waals surface area contributed by atoms with Gasteiger partial charge in [-0.05, 0) is 52.0 Å². The average Bonchev–Trinajstić information content (AvgIpc) is 2.26. The van der Waals surface area contributed by atoms with E-state index in [9.17, 15) is 4.79 Å². The molecule has 2 fully saturated rings. The number of hydrogen-bond donors (Lipinski definition) is 2. The fourth-order valence-electron chi connectivity index (χ4n) is 3.20. The smallest absolute Gasteiger partial charge is 0.237 e. The maximum atomic E-state index is 12.1. The number of carbonyl (C=O) groups excluding carboxylic acids is 1. The molecule has 0 unspecified atom stereocenters. The highest BCUT2D eigenvalue weighted by molar-refractivity contribution is 5.82. The van der Waals surface area contributed by atoms with Gasteiger partial charge in [-0.3, -0.25) is 4.79 Å². The van der Waals surface area contributed by atoms with Crippen molar-refractivity contribution < 1.29 is 4.79 Å². The van der Waals surface area contributed by atoms with Gasteiger partial charge in [-0.2, -0.15) is 0 Å². The Morgan fingerprint density at radius 2 is 1.82 bits per heavy atom. The Morgan fingerprint density at radius 1 is 1.18 bits per heavy atom. The van der Waals surface area contributed by atoms with E-state index >= 15 is 0 Å². The lowest BCUT2D eigenvalue weighted by atomic mass is 9.73. The molecule has 0 radical (unpaired) electrons. The first-order chi connectivity index (χ1) is 7.96. The fourth-order valence-corrected chi connectivity index (χ4v) is 3.20. The Kier molecular flexibility index (Phi) is 3.76. The van der Waals surface area contributed by atoms with Gasteiger partial charge < -0.3 is 10.6 Å². The summed E-state index contributed by atoms with van der Waals surface area (Å²) in [5.74, 6) is 1.78. The summed E-state index contributed by atoms with van der Waals surface area (Å²) in [6.45, 7) is 7.15. The van der Waals surface area contributed by atoms with Crippen LogP contribution in [0, 0.1) is 11.8 Å². The fraction of sp³-hybridized carbons (Fsp3) is 0.929. The molecule has 0 aromatic carbocycles. The highest BCUT2D eigenvalue weighted by atomic mass is 16.2. The van der Waals surface area contributed by atoms with Gasteiger partial charge in [0.25, 0.3) is 0 Å². The summed E-state index contributed by atoms with van der Waals surface area (Å²) in [5, 5.41) is 6.51. The summed E-state index contributed by atoms with van der Waals surface area (Å²) in [6, 6.07) is 0.0357. The zero-order valence-corrected chi connectivity index (χ0v) is 11.4. The largest absolute Gasteiger partial charge is 0.350 e. The van der Waals surface area contributed by atoms with E-state index in [2.05, 4.69) is 10.6 Å². The first-order valence-corrected chi connectivity index (χ1v) is 7.01. The molecule has 2 N–H and O–H groups in total. The van der Waals surface area contributed by atoms with Crippen molar-refractivity contribution in [1.29, 1.82) is 0 Å². The first kappa shape index (κ1) is 12.9. The number of hydrogen-bond acceptors (Lipinski definition) is 2. The molecule has 17 heavy (non-hydrogen) atoms. The minimum absolute atomic E-state index is 0.0357. The third kappa shape index (κ3) is 3.44. The summed E-state index contributed by atoms with van der Waals surface area (Å²) in [4.78, 5) is 12.1. The summed E-state index contributed by atoms with van der Waals surface area (Å²) in [5.41, 5.74) is -0.123. The van der Waals surface area contributed by atoms with Gasteiger partial charge in [-0.25, -0.2) is 0 Å². The third-order valence-corrected chi connectivity index (χ3v) is 4.05. The van der Waals surface area contributed by atoms with E-state index in [0.29, 0.717) is 0 Å². The Bertz CT molecular complexity index is 282. The van der Waals surface area contributed by atoms with Crippen LogP contribution in [0.3, 0.4) is 0 Å². The number of piperidine rings is 1. The van der Waals surface area contributed by atoms with Crippen molar-refractivity contribution in [2.75, 3.05) is 6.54 Å². The second-order valence-corrected chi connectivity index (χ2v) is 6.74. The summed E-state index contributed by atoms with van der Waals surface area (Å²) in [7, 11) is 0. The number of rotatable bonds is 1. The quantitative estimate of drug-likeness (QED) is 0.734. The summed E-state index contributed by atoms with van der Waals surface area (Å²) >= 11 is 0. The third-order valence-electron chi connectivity index (χ3n) is 4.05. The molecule has 1 aliphatic heterocycles. The second-order valence-electron chi connectivity index (χ2n) is 6.74. The zero-order valence-electron chi connectivity index (χ0n) is 11.4. The molecule has 2 rings (SSSR count). The molecular weight excluding hydrogens is 212 g/mol. The van der Waals surface area contributed by atoms with Crippen LogP contribution in [-0.2, 0) is 4.79 Å². The molecule has 1 amide bonds. The average molecular weight is 238 g/mol. The van der Waals surface area contributed by atoms with Crippen LogP contribution in [0.5, 0.6) is 0 Å². The van der Waals surface area contributed by atoms with Crippen molar-refractivity contribution >= 4 is 5.91 Å². The van der Waals surface area contributed by atoms with E-state index in [1.165, 1.54) is 25.7 Å². The van der Waals surface area contributed by atoms with Gasteiger partial charge in [0.15, 0.2) is 0 Å². The molecule has 0 bridgehead atoms. The predicted molar refractivity (Wildman–Crippen MR) is 69.8 cm³/mol. The molecule has 1 aliphatic carbocycles. The van der Waals surface area contributed by atoms with E-state index in [4.69, 9.17) is 0 Å². The van der Waals surface area contributed by atoms with Crippen molar-refractivity contribution in [2.45, 2.75) is 64.5 Å². The van der Waals surface area contributed by atoms with Crippen molar-refractivity contribution in [3.8, 4) is 0 Å². The zero-order chi connectivity index (χ0) is 12.5. The van der Waals surface area contributed by atoms with E-state index in [-0.39, 0.29) is 17.5 Å². The lowest BCUT2D eigenvalue weighted by Crippen LogP contribution is -2.55. The minimum Gasteiger partial charge on any atom is -0.350 e.